The van der Waals surface area contributed by atoms with E-state index in [-0.39, 0.29) is 16.8 Å². The SMILES string of the molecule is [2H]c1cc(-n2c3c([2H])c([2H])c([2H])c([2H])c3c3c([2H])c(-c4c([2H])c([2H])c5c6c([2H])c([2H])c([2H])c([2H])c6n(-c6c([2H])c([2H])c([2H])c(-c7ncnc8c7oc7ccccc78)c6[2H])c5c4[2H])c([2H])c([2H])c32)c([2H])c([2H])c1[2H]. The lowest BCUT2D eigenvalue weighted by Crippen LogP contribution is -1.95. The number of para-hydroxylation sites is 4. The summed E-state index contributed by atoms with van der Waals surface area (Å²) in [6.45, 7) is 0. The van der Waals surface area contributed by atoms with Gasteiger partial charge in [-0.3, -0.25) is 0 Å². The fraction of sp³-hybridized carbons (Fsp3) is 0. The van der Waals surface area contributed by atoms with Gasteiger partial charge in [-0.05, 0) is 77.7 Å². The van der Waals surface area contributed by atoms with Crippen molar-refractivity contribution in [1.29, 1.82) is 0 Å². The number of aromatic nitrogens is 4. The van der Waals surface area contributed by atoms with Crippen molar-refractivity contribution in [1.82, 2.24) is 19.1 Å². The highest BCUT2D eigenvalue weighted by molar-refractivity contribution is 6.13. The summed E-state index contributed by atoms with van der Waals surface area (Å²) in [6, 6.07) is -9.63. The van der Waals surface area contributed by atoms with Gasteiger partial charge in [0.05, 0.1) is 52.2 Å². The van der Waals surface area contributed by atoms with Crippen LogP contribution in [0.15, 0.2) is 174 Å². The molecule has 7 aromatic carbocycles. The topological polar surface area (TPSA) is 48.8 Å². The average Bonchev–Trinajstić information content (AvgIpc) is 4.05. The van der Waals surface area contributed by atoms with E-state index in [2.05, 4.69) is 9.97 Å². The second-order valence-corrected chi connectivity index (χ2v) is 11.3. The molecule has 0 unspecified atom stereocenters. The van der Waals surface area contributed by atoms with Gasteiger partial charge in [-0.2, -0.15) is 0 Å². The van der Waals surface area contributed by atoms with Crippen molar-refractivity contribution in [2.24, 2.45) is 0 Å². The van der Waals surface area contributed by atoms with Gasteiger partial charge in [0, 0.05) is 43.9 Å². The zero-order valence-electron chi connectivity index (χ0n) is 47.7. The van der Waals surface area contributed by atoms with Crippen LogP contribution in [0.2, 0.25) is 0 Å². The summed E-state index contributed by atoms with van der Waals surface area (Å²) in [7, 11) is 0. The van der Waals surface area contributed by atoms with E-state index in [1.54, 1.807) is 24.3 Å². The molecule has 4 heterocycles. The van der Waals surface area contributed by atoms with E-state index in [0.717, 1.165) is 21.5 Å². The molecule has 0 saturated carbocycles. The van der Waals surface area contributed by atoms with Crippen LogP contribution >= 0.6 is 0 Å². The first-order chi connectivity index (χ1) is 34.5. The van der Waals surface area contributed by atoms with E-state index in [0.29, 0.717) is 11.0 Å². The zero-order chi connectivity index (χ0) is 52.6. The molecule has 5 nitrogen and oxygen atoms in total. The molecule has 11 aromatic rings. The lowest BCUT2D eigenvalue weighted by molar-refractivity contribution is 0.667. The lowest BCUT2D eigenvalue weighted by Gasteiger charge is -2.11. The van der Waals surface area contributed by atoms with Gasteiger partial charge < -0.3 is 13.6 Å². The third-order valence-electron chi connectivity index (χ3n) is 8.57. The van der Waals surface area contributed by atoms with Crippen molar-refractivity contribution < 1.29 is 34.6 Å². The molecule has 51 heavy (non-hydrogen) atoms. The molecule has 0 spiro atoms. The zero-order valence-corrected chi connectivity index (χ0v) is 25.7. The third kappa shape index (κ3) is 4.15. The first kappa shape index (κ1) is 14.1. The maximum absolute atomic E-state index is 10.00. The number of nitrogens with zero attached hydrogens (tertiary/aromatic N) is 4. The van der Waals surface area contributed by atoms with Gasteiger partial charge >= 0.3 is 0 Å². The smallest absolute Gasteiger partial charge is 0.180 e. The predicted molar refractivity (Wildman–Crippen MR) is 209 cm³/mol. The summed E-state index contributed by atoms with van der Waals surface area (Å²) in [4.78, 5) is 8.69. The molecule has 0 bridgehead atoms. The summed E-state index contributed by atoms with van der Waals surface area (Å²) >= 11 is 0. The van der Waals surface area contributed by atoms with Crippen molar-refractivity contribution in [2.75, 3.05) is 0 Å². The first-order valence-corrected chi connectivity index (χ1v) is 15.4. The minimum absolute atomic E-state index is 0.0138. The Morgan fingerprint density at radius 1 is 0.471 bits per heavy atom. The molecular formula is C46H28N4O. The maximum Gasteiger partial charge on any atom is 0.180 e. The summed E-state index contributed by atoms with van der Waals surface area (Å²) < 4.78 is 208. The number of hydrogen-bond acceptors (Lipinski definition) is 3. The highest BCUT2D eigenvalue weighted by atomic mass is 16.3. The molecule has 0 radical (unpaired) electrons. The summed E-state index contributed by atoms with van der Waals surface area (Å²) in [5, 5.41) is -1.32. The molecular weight excluding hydrogens is 625 g/mol. The monoisotopic (exact) mass is 674 g/mol. The van der Waals surface area contributed by atoms with Gasteiger partial charge in [0.1, 0.15) is 23.1 Å². The van der Waals surface area contributed by atoms with Gasteiger partial charge in [-0.1, -0.05) is 96.7 Å². The summed E-state index contributed by atoms with van der Waals surface area (Å²) in [5.74, 6) is 0. The molecule has 0 N–H and O–H groups in total. The second kappa shape index (κ2) is 10.8. The van der Waals surface area contributed by atoms with Crippen LogP contribution in [0, 0.1) is 0 Å². The maximum atomic E-state index is 10.00. The Morgan fingerprint density at radius 2 is 1.18 bits per heavy atom. The van der Waals surface area contributed by atoms with Gasteiger partial charge in [0.25, 0.3) is 0 Å². The normalized spacial score (nSPS) is 18.0. The van der Waals surface area contributed by atoms with E-state index in [1.165, 1.54) is 0 Å². The lowest BCUT2D eigenvalue weighted by atomic mass is 10.0. The van der Waals surface area contributed by atoms with Crippen LogP contribution in [0.5, 0.6) is 0 Å². The van der Waals surface area contributed by atoms with Gasteiger partial charge in [-0.15, -0.1) is 0 Å². The number of rotatable bonds is 4. The highest BCUT2D eigenvalue weighted by Gasteiger charge is 2.18. The molecule has 238 valence electrons. The van der Waals surface area contributed by atoms with E-state index < -0.39 is 205 Å². The van der Waals surface area contributed by atoms with Crippen molar-refractivity contribution in [3.05, 3.63) is 170 Å². The predicted octanol–water partition coefficient (Wildman–Crippen LogP) is 11.9. The van der Waals surface area contributed by atoms with E-state index in [1.807, 2.05) is 0 Å². The van der Waals surface area contributed by atoms with Crippen LogP contribution in [0.25, 0.3) is 99.4 Å². The minimum atomic E-state index is -0.930. The number of furan rings is 1. The van der Waals surface area contributed by atoms with Crippen LogP contribution in [-0.4, -0.2) is 19.1 Å². The molecule has 0 aliphatic carbocycles. The van der Waals surface area contributed by atoms with E-state index in [4.69, 9.17) is 22.2 Å². The second-order valence-electron chi connectivity index (χ2n) is 11.3. The molecule has 0 atom stereocenters. The Hall–Kier alpha value is -6.98. The Balaban J connectivity index is 1.33. The Kier molecular flexibility index (Phi) is 2.97. The van der Waals surface area contributed by atoms with E-state index >= 15 is 0 Å². The molecule has 0 aliphatic rings. The van der Waals surface area contributed by atoms with Crippen molar-refractivity contribution in [3.8, 4) is 33.8 Å². The van der Waals surface area contributed by atoms with Gasteiger partial charge in [-0.25, -0.2) is 9.97 Å². The molecule has 0 fully saturated rings. The van der Waals surface area contributed by atoms with Gasteiger partial charge in [0.2, 0.25) is 0 Å². The fourth-order valence-corrected chi connectivity index (χ4v) is 6.40. The van der Waals surface area contributed by atoms with Gasteiger partial charge in [0.15, 0.2) is 5.58 Å². The molecule has 11 rings (SSSR count). The standard InChI is InChI=1S/C46H28N4O/c1-2-12-32(13-3-1)49-40-19-8-5-16-35(40)38-26-29(22-24-41(38)49)30-21-23-36-34-15-4-7-18-39(34)50(42(36)27-30)33-14-10-11-31(25-33)44-46-45(48-28-47-44)37-17-6-9-20-43(37)51-46/h1-28H/i1D,2D,3D,4D,5D,7D,8D,10D,11D,12D,14D,15D,16D,18D,19D,21D,22D,23D,24D,25D,26D,27D. The summed E-state index contributed by atoms with van der Waals surface area (Å²) in [5.41, 5.74) is -4.55. The molecule has 0 amide bonds. The van der Waals surface area contributed by atoms with Crippen molar-refractivity contribution in [3.63, 3.8) is 0 Å². The fourth-order valence-electron chi connectivity index (χ4n) is 6.40. The number of benzene rings is 7. The molecule has 4 aromatic heterocycles. The van der Waals surface area contributed by atoms with Crippen LogP contribution in [0.1, 0.15) is 30.2 Å². The first-order valence-electron chi connectivity index (χ1n) is 26.4. The highest BCUT2D eigenvalue weighted by Crippen LogP contribution is 2.39. The van der Waals surface area contributed by atoms with Crippen LogP contribution in [0.3, 0.4) is 0 Å². The Morgan fingerprint density at radius 3 is 2.08 bits per heavy atom. The average molecular weight is 675 g/mol. The van der Waals surface area contributed by atoms with Crippen molar-refractivity contribution >= 4 is 65.7 Å². The Bertz CT molecular complexity index is 4430. The van der Waals surface area contributed by atoms with Crippen molar-refractivity contribution in [2.45, 2.75) is 0 Å². The largest absolute Gasteiger partial charge is 0.452 e. The summed E-state index contributed by atoms with van der Waals surface area (Å²) in [6.07, 6.45) is 1.14. The van der Waals surface area contributed by atoms with Crippen LogP contribution < -0.4 is 0 Å². The van der Waals surface area contributed by atoms with E-state index in [9.17, 15) is 12.3 Å². The quantitative estimate of drug-likeness (QED) is 0.187. The molecule has 0 saturated heterocycles. The number of fused-ring (bicyclic) bond motifs is 9. The third-order valence-corrected chi connectivity index (χ3v) is 8.57. The molecule has 5 heteroatoms. The Labute approximate surface area is 323 Å². The minimum Gasteiger partial charge on any atom is -0.452 e. The number of hydrogen-bond donors (Lipinski definition) is 0. The van der Waals surface area contributed by atoms with Crippen LogP contribution in [-0.2, 0) is 0 Å². The van der Waals surface area contributed by atoms with Crippen LogP contribution in [0.4, 0.5) is 0 Å². The molecule has 0 aliphatic heterocycles.